The summed E-state index contributed by atoms with van der Waals surface area (Å²) in [6.07, 6.45) is 6.50. The van der Waals surface area contributed by atoms with Crippen LogP contribution in [0.1, 0.15) is 29.5 Å². The molecule has 1 aromatic rings. The largest absolute Gasteiger partial charge is 0.316 e. The van der Waals surface area contributed by atoms with Crippen molar-refractivity contribution in [1.29, 1.82) is 0 Å². The number of nitrogens with zero attached hydrogens (tertiary/aromatic N) is 1. The molecule has 1 atom stereocenters. The predicted octanol–water partition coefficient (Wildman–Crippen LogP) is 2.26. The molecule has 1 saturated heterocycles. The summed E-state index contributed by atoms with van der Waals surface area (Å²) in [4.78, 5) is 2.50. The molecule has 0 radical (unpaired) electrons. The van der Waals surface area contributed by atoms with Crippen molar-refractivity contribution in [1.82, 2.24) is 10.2 Å². The van der Waals surface area contributed by atoms with Crippen LogP contribution in [0.3, 0.4) is 0 Å². The maximum atomic E-state index is 3.45. The first-order valence-electron chi connectivity index (χ1n) is 7.81. The predicted molar refractivity (Wildman–Crippen MR) is 80.6 cm³/mol. The standard InChI is InChI=1S/C17H26N2/c1-19(13-15-7-9-18-12-15)10-8-14-5-6-16-3-2-4-17(16)11-14/h5-6,11,15,18H,2-4,7-10,12-13H2,1H3. The van der Waals surface area contributed by atoms with E-state index in [1.807, 2.05) is 0 Å². The molecule has 3 rings (SSSR count). The molecule has 0 saturated carbocycles. The Bertz CT molecular complexity index is 421. The summed E-state index contributed by atoms with van der Waals surface area (Å²) in [5.74, 6) is 0.866. The lowest BCUT2D eigenvalue weighted by Crippen LogP contribution is -2.28. The van der Waals surface area contributed by atoms with Crippen molar-refractivity contribution in [2.45, 2.75) is 32.1 Å². The van der Waals surface area contributed by atoms with Crippen molar-refractivity contribution < 1.29 is 0 Å². The fourth-order valence-electron chi connectivity index (χ4n) is 3.50. The lowest BCUT2D eigenvalue weighted by molar-refractivity contribution is 0.288. The van der Waals surface area contributed by atoms with Gasteiger partial charge in [-0.1, -0.05) is 18.2 Å². The fourth-order valence-corrected chi connectivity index (χ4v) is 3.50. The van der Waals surface area contributed by atoms with E-state index in [1.165, 1.54) is 63.8 Å². The van der Waals surface area contributed by atoms with E-state index >= 15 is 0 Å². The first-order valence-corrected chi connectivity index (χ1v) is 7.81. The molecule has 2 nitrogen and oxygen atoms in total. The Morgan fingerprint density at radius 3 is 3.00 bits per heavy atom. The van der Waals surface area contributed by atoms with Gasteiger partial charge in [0.15, 0.2) is 0 Å². The van der Waals surface area contributed by atoms with Gasteiger partial charge in [0, 0.05) is 13.1 Å². The minimum atomic E-state index is 0.866. The number of hydrogen-bond donors (Lipinski definition) is 1. The summed E-state index contributed by atoms with van der Waals surface area (Å²) < 4.78 is 0. The van der Waals surface area contributed by atoms with E-state index in [9.17, 15) is 0 Å². The Labute approximate surface area is 117 Å². The quantitative estimate of drug-likeness (QED) is 0.871. The van der Waals surface area contributed by atoms with Crippen molar-refractivity contribution >= 4 is 0 Å². The molecule has 0 amide bonds. The van der Waals surface area contributed by atoms with E-state index < -0.39 is 0 Å². The van der Waals surface area contributed by atoms with E-state index in [0.29, 0.717) is 0 Å². The number of hydrogen-bond acceptors (Lipinski definition) is 2. The van der Waals surface area contributed by atoms with Gasteiger partial charge in [-0.15, -0.1) is 0 Å². The van der Waals surface area contributed by atoms with E-state index in [0.717, 1.165) is 5.92 Å². The second kappa shape index (κ2) is 6.06. The molecule has 0 bridgehead atoms. The van der Waals surface area contributed by atoms with E-state index in [-0.39, 0.29) is 0 Å². The Morgan fingerprint density at radius 2 is 2.16 bits per heavy atom. The van der Waals surface area contributed by atoms with Crippen molar-refractivity contribution in [3.05, 3.63) is 34.9 Å². The van der Waals surface area contributed by atoms with Crippen LogP contribution in [-0.4, -0.2) is 38.1 Å². The molecule has 1 aliphatic carbocycles. The number of benzene rings is 1. The van der Waals surface area contributed by atoms with Crippen molar-refractivity contribution in [3.8, 4) is 0 Å². The maximum Gasteiger partial charge on any atom is 0.00193 e. The van der Waals surface area contributed by atoms with E-state index in [4.69, 9.17) is 0 Å². The van der Waals surface area contributed by atoms with Crippen LogP contribution in [0.25, 0.3) is 0 Å². The molecule has 2 heteroatoms. The Kier molecular flexibility index (Phi) is 4.19. The molecule has 1 heterocycles. The van der Waals surface area contributed by atoms with Gasteiger partial charge in [0.25, 0.3) is 0 Å². The number of likely N-dealkylation sites (N-methyl/N-ethyl adjacent to an activating group) is 1. The van der Waals surface area contributed by atoms with Crippen molar-refractivity contribution in [2.75, 3.05) is 33.2 Å². The second-order valence-corrected chi connectivity index (χ2v) is 6.33. The van der Waals surface area contributed by atoms with Crippen LogP contribution in [0.4, 0.5) is 0 Å². The number of fused-ring (bicyclic) bond motifs is 1. The normalized spacial score (nSPS) is 22.1. The van der Waals surface area contributed by atoms with Gasteiger partial charge < -0.3 is 10.2 Å². The van der Waals surface area contributed by atoms with Gasteiger partial charge in [-0.25, -0.2) is 0 Å². The summed E-state index contributed by atoms with van der Waals surface area (Å²) in [6.45, 7) is 4.86. The number of nitrogens with one attached hydrogen (secondary N) is 1. The zero-order chi connectivity index (χ0) is 13.1. The van der Waals surface area contributed by atoms with Gasteiger partial charge in [-0.3, -0.25) is 0 Å². The number of aryl methyl sites for hydroxylation is 2. The van der Waals surface area contributed by atoms with Gasteiger partial charge in [-0.05, 0) is 74.8 Å². The first-order chi connectivity index (χ1) is 9.31. The zero-order valence-electron chi connectivity index (χ0n) is 12.1. The highest BCUT2D eigenvalue weighted by Crippen LogP contribution is 2.23. The summed E-state index contributed by atoms with van der Waals surface area (Å²) in [5, 5.41) is 3.45. The highest BCUT2D eigenvalue weighted by atomic mass is 15.1. The van der Waals surface area contributed by atoms with Gasteiger partial charge in [-0.2, -0.15) is 0 Å². The Balaban J connectivity index is 1.48. The maximum absolute atomic E-state index is 3.45. The van der Waals surface area contributed by atoms with Crippen LogP contribution in [-0.2, 0) is 19.3 Å². The van der Waals surface area contributed by atoms with Crippen LogP contribution in [0.15, 0.2) is 18.2 Å². The second-order valence-electron chi connectivity index (χ2n) is 6.33. The van der Waals surface area contributed by atoms with Crippen molar-refractivity contribution in [2.24, 2.45) is 5.92 Å². The highest BCUT2D eigenvalue weighted by Gasteiger charge is 2.16. The SMILES string of the molecule is CN(CCc1ccc2c(c1)CCC2)CC1CCNC1. The van der Waals surface area contributed by atoms with E-state index in [2.05, 4.69) is 35.5 Å². The third-order valence-electron chi connectivity index (χ3n) is 4.68. The van der Waals surface area contributed by atoms with Crippen LogP contribution in [0.2, 0.25) is 0 Å². The Morgan fingerprint density at radius 1 is 1.26 bits per heavy atom. The third-order valence-corrected chi connectivity index (χ3v) is 4.68. The molecule has 1 N–H and O–H groups in total. The molecule has 1 aliphatic heterocycles. The third kappa shape index (κ3) is 3.37. The minimum Gasteiger partial charge on any atom is -0.316 e. The van der Waals surface area contributed by atoms with Gasteiger partial charge in [0.2, 0.25) is 0 Å². The van der Waals surface area contributed by atoms with E-state index in [1.54, 1.807) is 11.1 Å². The molecule has 1 fully saturated rings. The average molecular weight is 258 g/mol. The lowest BCUT2D eigenvalue weighted by Gasteiger charge is -2.20. The molecule has 2 aliphatic rings. The molecular formula is C17H26N2. The average Bonchev–Trinajstić information content (AvgIpc) is 3.06. The lowest BCUT2D eigenvalue weighted by atomic mass is 10.0. The molecule has 19 heavy (non-hydrogen) atoms. The number of rotatable bonds is 5. The smallest absolute Gasteiger partial charge is 0.00193 e. The zero-order valence-corrected chi connectivity index (χ0v) is 12.1. The van der Waals surface area contributed by atoms with Crippen molar-refractivity contribution in [3.63, 3.8) is 0 Å². The van der Waals surface area contributed by atoms with Gasteiger partial charge in [0.1, 0.15) is 0 Å². The molecule has 1 unspecified atom stereocenters. The van der Waals surface area contributed by atoms with Gasteiger partial charge in [0.05, 0.1) is 0 Å². The topological polar surface area (TPSA) is 15.3 Å². The first kappa shape index (κ1) is 13.1. The van der Waals surface area contributed by atoms with Crippen LogP contribution in [0, 0.1) is 5.92 Å². The molecule has 0 aromatic heterocycles. The monoisotopic (exact) mass is 258 g/mol. The van der Waals surface area contributed by atoms with Gasteiger partial charge >= 0.3 is 0 Å². The minimum absolute atomic E-state index is 0.866. The molecule has 0 spiro atoms. The van der Waals surface area contributed by atoms with Crippen LogP contribution >= 0.6 is 0 Å². The summed E-state index contributed by atoms with van der Waals surface area (Å²) >= 11 is 0. The Hall–Kier alpha value is -0.860. The molecule has 1 aromatic carbocycles. The van der Waals surface area contributed by atoms with Crippen LogP contribution in [0.5, 0.6) is 0 Å². The summed E-state index contributed by atoms with van der Waals surface area (Å²) in [7, 11) is 2.27. The summed E-state index contributed by atoms with van der Waals surface area (Å²) in [6, 6.07) is 7.15. The molecule has 104 valence electrons. The summed E-state index contributed by atoms with van der Waals surface area (Å²) in [5.41, 5.74) is 4.73. The highest BCUT2D eigenvalue weighted by molar-refractivity contribution is 5.35. The fraction of sp³-hybridized carbons (Fsp3) is 0.647. The van der Waals surface area contributed by atoms with Crippen LogP contribution < -0.4 is 5.32 Å². The molecular weight excluding hydrogens is 232 g/mol.